The van der Waals surface area contributed by atoms with Crippen molar-refractivity contribution in [3.05, 3.63) is 88.4 Å². The third kappa shape index (κ3) is 6.20. The number of carboxylic acids is 1. The predicted molar refractivity (Wildman–Crippen MR) is 136 cm³/mol. The number of hydrogen-bond acceptors (Lipinski definition) is 5. The summed E-state index contributed by atoms with van der Waals surface area (Å²) >= 11 is 7.13. The molecule has 0 unspecified atom stereocenters. The minimum absolute atomic E-state index is 0.0193. The second-order valence-corrected chi connectivity index (χ2v) is 11.5. The van der Waals surface area contributed by atoms with Gasteiger partial charge in [-0.25, -0.2) is 13.2 Å². The lowest BCUT2D eigenvalue weighted by atomic mass is 9.93. The van der Waals surface area contributed by atoms with Crippen LogP contribution in [0, 0.1) is 0 Å². The first-order chi connectivity index (χ1) is 16.1. The van der Waals surface area contributed by atoms with Gasteiger partial charge >= 0.3 is 5.97 Å². The fourth-order valence-corrected chi connectivity index (χ4v) is 6.18. The molecule has 0 bridgehead atoms. The third-order valence-electron chi connectivity index (χ3n) is 5.09. The van der Waals surface area contributed by atoms with Gasteiger partial charge in [0.25, 0.3) is 5.91 Å². The number of anilines is 1. The average Bonchev–Trinajstić information content (AvgIpc) is 2.79. The number of carbonyl (C=O) groups excluding carboxylic acids is 1. The molecule has 0 heterocycles. The van der Waals surface area contributed by atoms with Gasteiger partial charge < -0.3 is 10.4 Å². The normalized spacial score (nSPS) is 11.4. The lowest BCUT2D eigenvalue weighted by Crippen LogP contribution is -2.19. The summed E-state index contributed by atoms with van der Waals surface area (Å²) in [7, 11) is -3.49. The minimum atomic E-state index is -3.49. The van der Waals surface area contributed by atoms with Crippen molar-refractivity contribution in [2.24, 2.45) is 0 Å². The van der Waals surface area contributed by atoms with Crippen LogP contribution < -0.4 is 5.32 Å². The van der Waals surface area contributed by atoms with Crippen LogP contribution in [0.5, 0.6) is 0 Å². The van der Waals surface area contributed by atoms with E-state index in [4.69, 9.17) is 11.6 Å². The molecule has 0 spiro atoms. The Kier molecular flexibility index (Phi) is 8.41. The van der Waals surface area contributed by atoms with Crippen LogP contribution in [0.25, 0.3) is 0 Å². The van der Waals surface area contributed by atoms with E-state index in [1.807, 2.05) is 13.8 Å². The molecule has 178 valence electrons. The highest BCUT2D eigenvalue weighted by Crippen LogP contribution is 2.29. The van der Waals surface area contributed by atoms with Crippen molar-refractivity contribution < 1.29 is 23.1 Å². The molecule has 1 amide bonds. The van der Waals surface area contributed by atoms with Crippen LogP contribution in [-0.4, -0.2) is 36.9 Å². The molecule has 6 nitrogen and oxygen atoms in total. The topological polar surface area (TPSA) is 101 Å². The zero-order valence-corrected chi connectivity index (χ0v) is 21.0. The molecule has 0 aromatic heterocycles. The summed E-state index contributed by atoms with van der Waals surface area (Å²) in [6.07, 6.45) is 0. The molecule has 34 heavy (non-hydrogen) atoms. The Bertz CT molecular complexity index is 1310. The highest BCUT2D eigenvalue weighted by molar-refractivity contribution is 8.00. The maximum Gasteiger partial charge on any atom is 0.336 e. The van der Waals surface area contributed by atoms with Crippen LogP contribution in [0.15, 0.2) is 76.5 Å². The summed E-state index contributed by atoms with van der Waals surface area (Å²) in [6.45, 7) is 3.74. The Morgan fingerprint density at radius 1 is 1.00 bits per heavy atom. The number of hydrogen-bond donors (Lipinski definition) is 2. The van der Waals surface area contributed by atoms with E-state index in [2.05, 4.69) is 5.32 Å². The van der Waals surface area contributed by atoms with Crippen LogP contribution >= 0.6 is 23.4 Å². The summed E-state index contributed by atoms with van der Waals surface area (Å²) in [4.78, 5) is 25.8. The maximum atomic E-state index is 13.0. The molecule has 0 aliphatic heterocycles. The van der Waals surface area contributed by atoms with Crippen LogP contribution in [0.2, 0.25) is 5.02 Å². The number of nitrogens with one attached hydrogen (secondary N) is 1. The van der Waals surface area contributed by atoms with Crippen molar-refractivity contribution in [2.45, 2.75) is 29.6 Å². The maximum absolute atomic E-state index is 13.0. The molecule has 9 heteroatoms. The van der Waals surface area contributed by atoms with Crippen molar-refractivity contribution in [2.75, 3.05) is 16.8 Å². The number of halogens is 1. The molecule has 0 aliphatic carbocycles. The van der Waals surface area contributed by atoms with E-state index in [1.165, 1.54) is 42.1 Å². The third-order valence-corrected chi connectivity index (χ3v) is 8.41. The van der Waals surface area contributed by atoms with Gasteiger partial charge in [-0.2, -0.15) is 0 Å². The molecule has 2 N–H and O–H groups in total. The van der Waals surface area contributed by atoms with Gasteiger partial charge in [-0.1, -0.05) is 49.7 Å². The number of rotatable bonds is 9. The SMILES string of the molecule is CC(C)c1cccc(C(=O)Nc2ccccc2SCCS(=O)(=O)c2ccc(Cl)cc2)c1C(=O)O. The van der Waals surface area contributed by atoms with Crippen molar-refractivity contribution in [1.29, 1.82) is 0 Å². The highest BCUT2D eigenvalue weighted by Gasteiger charge is 2.22. The molecule has 0 aliphatic rings. The highest BCUT2D eigenvalue weighted by atomic mass is 35.5. The lowest BCUT2D eigenvalue weighted by Gasteiger charge is -2.15. The number of aromatic carboxylic acids is 1. The van der Waals surface area contributed by atoms with Crippen LogP contribution in [0.3, 0.4) is 0 Å². The second-order valence-electron chi connectivity index (χ2n) is 7.80. The first-order valence-corrected chi connectivity index (χ1v) is 13.5. The summed E-state index contributed by atoms with van der Waals surface area (Å²) in [5.74, 6) is -1.60. The van der Waals surface area contributed by atoms with Crippen molar-refractivity contribution in [1.82, 2.24) is 0 Å². The van der Waals surface area contributed by atoms with Gasteiger partial charge in [0, 0.05) is 15.7 Å². The number of amides is 1. The smallest absolute Gasteiger partial charge is 0.336 e. The predicted octanol–water partition coefficient (Wildman–Crippen LogP) is 5.98. The fraction of sp³-hybridized carbons (Fsp3) is 0.200. The molecule has 0 radical (unpaired) electrons. The quantitative estimate of drug-likeness (QED) is 0.339. The molecule has 3 aromatic carbocycles. The van der Waals surface area contributed by atoms with Crippen LogP contribution in [0.4, 0.5) is 5.69 Å². The zero-order valence-electron chi connectivity index (χ0n) is 18.6. The van der Waals surface area contributed by atoms with Crippen LogP contribution in [-0.2, 0) is 9.84 Å². The van der Waals surface area contributed by atoms with E-state index in [-0.39, 0.29) is 33.4 Å². The Morgan fingerprint density at radius 2 is 1.68 bits per heavy atom. The van der Waals surface area contributed by atoms with Crippen LogP contribution in [0.1, 0.15) is 46.0 Å². The largest absolute Gasteiger partial charge is 0.478 e. The first kappa shape index (κ1) is 25.8. The molecule has 3 aromatic rings. The van der Waals surface area contributed by atoms with E-state index in [0.717, 1.165) is 0 Å². The summed E-state index contributed by atoms with van der Waals surface area (Å²) < 4.78 is 25.2. The van der Waals surface area contributed by atoms with Gasteiger partial charge in [-0.3, -0.25) is 4.79 Å². The summed E-state index contributed by atoms with van der Waals surface area (Å²) in [5, 5.41) is 13.0. The number of benzene rings is 3. The first-order valence-electron chi connectivity index (χ1n) is 10.5. The Morgan fingerprint density at radius 3 is 2.32 bits per heavy atom. The number of thioether (sulfide) groups is 1. The van der Waals surface area contributed by atoms with Crippen molar-refractivity contribution in [3.63, 3.8) is 0 Å². The van der Waals surface area contributed by atoms with E-state index in [9.17, 15) is 23.1 Å². The summed E-state index contributed by atoms with van der Waals surface area (Å²) in [6, 6.07) is 17.9. The monoisotopic (exact) mass is 517 g/mol. The molecular formula is C25H24ClNO5S2. The number of carbonyl (C=O) groups is 2. The average molecular weight is 518 g/mol. The number of sulfone groups is 1. The lowest BCUT2D eigenvalue weighted by molar-refractivity contribution is 0.0691. The fourth-order valence-electron chi connectivity index (χ4n) is 3.39. The molecular weight excluding hydrogens is 494 g/mol. The van der Waals surface area contributed by atoms with E-state index < -0.39 is 21.7 Å². The van der Waals surface area contributed by atoms with Gasteiger partial charge in [0.2, 0.25) is 0 Å². The molecule has 0 atom stereocenters. The van der Waals surface area contributed by atoms with E-state index in [0.29, 0.717) is 21.2 Å². The molecule has 0 fully saturated rings. The summed E-state index contributed by atoms with van der Waals surface area (Å²) in [5.41, 5.74) is 1.11. The Hall–Kier alpha value is -2.81. The van der Waals surface area contributed by atoms with Gasteiger partial charge in [-0.15, -0.1) is 11.8 Å². The van der Waals surface area contributed by atoms with Crippen molar-refractivity contribution in [3.8, 4) is 0 Å². The zero-order chi connectivity index (χ0) is 24.9. The van der Waals surface area contributed by atoms with Gasteiger partial charge in [-0.05, 0) is 53.9 Å². The van der Waals surface area contributed by atoms with E-state index >= 15 is 0 Å². The molecule has 3 rings (SSSR count). The van der Waals surface area contributed by atoms with Gasteiger partial charge in [0.05, 0.1) is 27.5 Å². The second kappa shape index (κ2) is 11.1. The van der Waals surface area contributed by atoms with Gasteiger partial charge in [0.15, 0.2) is 9.84 Å². The Labute approximate surface area is 208 Å². The standard InChI is InChI=1S/C25H24ClNO5S2/c1-16(2)19-6-5-7-20(23(19)25(29)30)24(28)27-21-8-3-4-9-22(21)33-14-15-34(31,32)18-12-10-17(26)11-13-18/h3-13,16H,14-15H2,1-2H3,(H,27,28)(H,29,30). The number of para-hydroxylation sites is 1. The van der Waals surface area contributed by atoms with Gasteiger partial charge in [0.1, 0.15) is 0 Å². The molecule has 0 saturated carbocycles. The molecule has 0 saturated heterocycles. The Balaban J connectivity index is 1.76. The van der Waals surface area contributed by atoms with Crippen molar-refractivity contribution >= 4 is 50.8 Å². The van der Waals surface area contributed by atoms with E-state index in [1.54, 1.807) is 36.4 Å². The number of carboxylic acid groups (broad SMARTS) is 1. The minimum Gasteiger partial charge on any atom is -0.478 e.